The van der Waals surface area contributed by atoms with E-state index in [4.69, 9.17) is 0 Å². The average molecular weight is 472 g/mol. The van der Waals surface area contributed by atoms with Gasteiger partial charge in [-0.2, -0.15) is 0 Å². The Morgan fingerprint density at radius 1 is 0.857 bits per heavy atom. The number of aldehydes is 1. The maximum atomic E-state index is 13.3. The Morgan fingerprint density at radius 2 is 1.57 bits per heavy atom. The molecule has 0 bridgehead atoms. The standard InChI is InChI=1S/C29H33N3O3/c33-20-25(18-23-14-9-13-22-12-7-8-17-26(22)23)32-29(35)27(30-19-21-10-3-1-4-11-21)28(34)31-24-15-5-2-6-16-24/h1,3-4,7-14,17,20,24-25,27,30H,2,5-6,15-16,18-19H2,(H,31,34)(H,32,35). The lowest BCUT2D eigenvalue weighted by Gasteiger charge is -2.26. The number of hydrogen-bond acceptors (Lipinski definition) is 4. The Bertz CT molecular complexity index is 1140. The average Bonchev–Trinajstić information content (AvgIpc) is 2.89. The third-order valence-electron chi connectivity index (χ3n) is 6.64. The fraction of sp³-hybridized carbons (Fsp3) is 0.345. The molecule has 0 spiro atoms. The van der Waals surface area contributed by atoms with E-state index in [2.05, 4.69) is 16.0 Å². The van der Waals surface area contributed by atoms with E-state index >= 15 is 0 Å². The second-order valence-corrected chi connectivity index (χ2v) is 9.24. The smallest absolute Gasteiger partial charge is 0.247 e. The summed E-state index contributed by atoms with van der Waals surface area (Å²) in [6, 6.07) is 21.8. The number of benzene rings is 3. The number of hydrogen-bond donors (Lipinski definition) is 3. The Kier molecular flexibility index (Phi) is 8.63. The van der Waals surface area contributed by atoms with Gasteiger partial charge in [0.25, 0.3) is 0 Å². The minimum Gasteiger partial charge on any atom is -0.352 e. The summed E-state index contributed by atoms with van der Waals surface area (Å²) in [7, 11) is 0. The summed E-state index contributed by atoms with van der Waals surface area (Å²) in [4.78, 5) is 38.4. The maximum Gasteiger partial charge on any atom is 0.247 e. The molecule has 2 amide bonds. The lowest BCUT2D eigenvalue weighted by atomic mass is 9.95. The molecule has 0 heterocycles. The van der Waals surface area contributed by atoms with Crippen molar-refractivity contribution in [2.75, 3.05) is 0 Å². The summed E-state index contributed by atoms with van der Waals surface area (Å²) in [6.07, 6.45) is 6.29. The van der Waals surface area contributed by atoms with Crippen LogP contribution in [0.15, 0.2) is 72.8 Å². The van der Waals surface area contributed by atoms with Crippen molar-refractivity contribution in [2.45, 2.75) is 63.2 Å². The van der Waals surface area contributed by atoms with Crippen LogP contribution < -0.4 is 16.0 Å². The molecule has 1 fully saturated rings. The summed E-state index contributed by atoms with van der Waals surface area (Å²) in [5.74, 6) is -0.841. The van der Waals surface area contributed by atoms with Gasteiger partial charge in [-0.15, -0.1) is 0 Å². The molecule has 1 saturated carbocycles. The maximum absolute atomic E-state index is 13.3. The van der Waals surface area contributed by atoms with E-state index in [1.165, 1.54) is 6.42 Å². The van der Waals surface area contributed by atoms with Gasteiger partial charge in [0.05, 0.1) is 6.04 Å². The molecule has 1 aliphatic carbocycles. The summed E-state index contributed by atoms with van der Waals surface area (Å²) >= 11 is 0. The summed E-state index contributed by atoms with van der Waals surface area (Å²) in [6.45, 7) is 0.367. The van der Waals surface area contributed by atoms with Gasteiger partial charge in [-0.25, -0.2) is 0 Å². The molecule has 6 heteroatoms. The first kappa shape index (κ1) is 24.6. The molecule has 6 nitrogen and oxygen atoms in total. The zero-order valence-corrected chi connectivity index (χ0v) is 19.9. The molecule has 2 unspecified atom stereocenters. The molecule has 0 saturated heterocycles. The number of nitrogens with one attached hydrogen (secondary N) is 3. The van der Waals surface area contributed by atoms with Gasteiger partial charge in [0, 0.05) is 19.0 Å². The minimum atomic E-state index is -1.09. The molecule has 35 heavy (non-hydrogen) atoms. The van der Waals surface area contributed by atoms with Crippen molar-refractivity contribution in [1.82, 2.24) is 16.0 Å². The number of carbonyl (C=O) groups excluding carboxylic acids is 3. The second-order valence-electron chi connectivity index (χ2n) is 9.24. The topological polar surface area (TPSA) is 87.3 Å². The van der Waals surface area contributed by atoms with Crippen LogP contribution in [0, 0.1) is 0 Å². The van der Waals surface area contributed by atoms with Crippen LogP contribution in [0.2, 0.25) is 0 Å². The zero-order valence-electron chi connectivity index (χ0n) is 19.9. The molecular weight excluding hydrogens is 438 g/mol. The molecule has 3 N–H and O–H groups in total. The van der Waals surface area contributed by atoms with Gasteiger partial charge in [0.15, 0.2) is 6.04 Å². The third-order valence-corrected chi connectivity index (χ3v) is 6.64. The Morgan fingerprint density at radius 3 is 2.34 bits per heavy atom. The Hall–Kier alpha value is -3.51. The van der Waals surface area contributed by atoms with E-state index in [0.29, 0.717) is 13.0 Å². The monoisotopic (exact) mass is 471 g/mol. The van der Waals surface area contributed by atoms with Gasteiger partial charge in [-0.3, -0.25) is 14.9 Å². The highest BCUT2D eigenvalue weighted by atomic mass is 16.2. The van der Waals surface area contributed by atoms with Gasteiger partial charge in [0.2, 0.25) is 11.8 Å². The van der Waals surface area contributed by atoms with Crippen molar-refractivity contribution in [1.29, 1.82) is 0 Å². The van der Waals surface area contributed by atoms with Crippen molar-refractivity contribution in [3.05, 3.63) is 83.9 Å². The van der Waals surface area contributed by atoms with Crippen LogP contribution in [0.25, 0.3) is 10.8 Å². The molecule has 0 radical (unpaired) electrons. The van der Waals surface area contributed by atoms with Crippen LogP contribution in [0.1, 0.15) is 43.2 Å². The molecule has 3 aromatic rings. The largest absolute Gasteiger partial charge is 0.352 e. The van der Waals surface area contributed by atoms with Gasteiger partial charge in [0.1, 0.15) is 6.29 Å². The molecule has 4 rings (SSSR count). The molecule has 0 aromatic heterocycles. The minimum absolute atomic E-state index is 0.0858. The van der Waals surface area contributed by atoms with Crippen LogP contribution in [-0.2, 0) is 27.3 Å². The van der Waals surface area contributed by atoms with Crippen molar-refractivity contribution in [2.24, 2.45) is 0 Å². The molecule has 2 atom stereocenters. The molecule has 0 aliphatic heterocycles. The summed E-state index contributed by atoms with van der Waals surface area (Å²) < 4.78 is 0. The molecule has 182 valence electrons. The quantitative estimate of drug-likeness (QED) is 0.311. The van der Waals surface area contributed by atoms with Crippen LogP contribution in [-0.4, -0.2) is 36.2 Å². The lowest BCUT2D eigenvalue weighted by molar-refractivity contribution is -0.134. The summed E-state index contributed by atoms with van der Waals surface area (Å²) in [5.41, 5.74) is 1.94. The predicted molar refractivity (Wildman–Crippen MR) is 138 cm³/mol. The fourth-order valence-electron chi connectivity index (χ4n) is 4.76. The van der Waals surface area contributed by atoms with Gasteiger partial charge in [-0.05, 0) is 34.7 Å². The first-order valence-corrected chi connectivity index (χ1v) is 12.4. The van der Waals surface area contributed by atoms with Gasteiger partial charge >= 0.3 is 0 Å². The first-order valence-electron chi connectivity index (χ1n) is 12.4. The highest BCUT2D eigenvalue weighted by Crippen LogP contribution is 2.20. The highest BCUT2D eigenvalue weighted by Gasteiger charge is 2.30. The molecule has 3 aromatic carbocycles. The number of amides is 2. The first-order chi connectivity index (χ1) is 17.1. The van der Waals surface area contributed by atoms with E-state index in [1.54, 1.807) is 0 Å². The van der Waals surface area contributed by atoms with Crippen molar-refractivity contribution >= 4 is 28.9 Å². The Labute approximate surface area is 206 Å². The zero-order chi connectivity index (χ0) is 24.5. The van der Waals surface area contributed by atoms with Crippen molar-refractivity contribution < 1.29 is 14.4 Å². The van der Waals surface area contributed by atoms with E-state index in [0.717, 1.165) is 53.9 Å². The van der Waals surface area contributed by atoms with Crippen LogP contribution in [0.3, 0.4) is 0 Å². The van der Waals surface area contributed by atoms with Crippen LogP contribution in [0.5, 0.6) is 0 Å². The van der Waals surface area contributed by atoms with Crippen molar-refractivity contribution in [3.63, 3.8) is 0 Å². The van der Waals surface area contributed by atoms with E-state index < -0.39 is 18.0 Å². The van der Waals surface area contributed by atoms with Gasteiger partial charge in [-0.1, -0.05) is 92.1 Å². The predicted octanol–water partition coefficient (Wildman–Crippen LogP) is 3.67. The van der Waals surface area contributed by atoms with Crippen LogP contribution in [0.4, 0.5) is 0 Å². The SMILES string of the molecule is O=CC(Cc1cccc2ccccc12)NC(=O)C(NCc1ccccc1)C(=O)NC1CCCCC1. The van der Waals surface area contributed by atoms with Crippen molar-refractivity contribution in [3.8, 4) is 0 Å². The van der Waals surface area contributed by atoms with E-state index in [-0.39, 0.29) is 11.9 Å². The highest BCUT2D eigenvalue weighted by molar-refractivity contribution is 6.05. The van der Waals surface area contributed by atoms with E-state index in [9.17, 15) is 14.4 Å². The number of fused-ring (bicyclic) bond motifs is 1. The van der Waals surface area contributed by atoms with Crippen LogP contribution >= 0.6 is 0 Å². The fourth-order valence-corrected chi connectivity index (χ4v) is 4.76. The molecular formula is C29H33N3O3. The number of carbonyl (C=O) groups is 3. The molecule has 1 aliphatic rings. The summed E-state index contributed by atoms with van der Waals surface area (Å²) in [5, 5.41) is 11.1. The number of rotatable bonds is 10. The van der Waals surface area contributed by atoms with Gasteiger partial charge < -0.3 is 15.4 Å². The van der Waals surface area contributed by atoms with E-state index in [1.807, 2.05) is 72.8 Å². The normalized spacial score (nSPS) is 15.8. The Balaban J connectivity index is 1.46. The lowest BCUT2D eigenvalue weighted by Crippen LogP contribution is -2.57. The third kappa shape index (κ3) is 6.76. The second kappa shape index (κ2) is 12.3.